The van der Waals surface area contributed by atoms with Gasteiger partial charge in [0, 0.05) is 13.2 Å². The van der Waals surface area contributed by atoms with E-state index in [1.165, 1.54) is 16.7 Å². The highest BCUT2D eigenvalue weighted by Crippen LogP contribution is 2.11. The number of aryl methyl sites for hydroxylation is 2. The number of nitrogens with two attached hydrogens (primary N) is 1. The summed E-state index contributed by atoms with van der Waals surface area (Å²) in [7, 11) is 2.05. The Morgan fingerprint density at radius 2 is 2.00 bits per heavy atom. The molecule has 1 rings (SSSR count). The summed E-state index contributed by atoms with van der Waals surface area (Å²) < 4.78 is 0. The molecule has 2 N–H and O–H groups in total. The average Bonchev–Trinajstić information content (AvgIpc) is 2.16. The van der Waals surface area contributed by atoms with Crippen LogP contribution in [0, 0.1) is 13.8 Å². The molecule has 0 atom stereocenters. The molecular formula is C12H20N2. The molecule has 78 valence electrons. The first-order valence-electron chi connectivity index (χ1n) is 5.08. The normalized spacial score (nSPS) is 10.9. The van der Waals surface area contributed by atoms with Gasteiger partial charge >= 0.3 is 0 Å². The quantitative estimate of drug-likeness (QED) is 0.736. The van der Waals surface area contributed by atoms with Crippen molar-refractivity contribution >= 4 is 0 Å². The zero-order chi connectivity index (χ0) is 10.6. The van der Waals surface area contributed by atoms with Crippen molar-refractivity contribution in [2.75, 3.05) is 20.3 Å². The molecular weight excluding hydrogens is 172 g/mol. The zero-order valence-corrected chi connectivity index (χ0v) is 9.38. The maximum Gasteiger partial charge on any atom is 0.0452 e. The molecule has 0 heterocycles. The van der Waals surface area contributed by atoms with E-state index < -0.39 is 0 Å². The Morgan fingerprint density at radius 1 is 1.29 bits per heavy atom. The van der Waals surface area contributed by atoms with Crippen LogP contribution in [0.25, 0.3) is 0 Å². The second kappa shape index (κ2) is 5.13. The highest BCUT2D eigenvalue weighted by molar-refractivity contribution is 5.30. The van der Waals surface area contributed by atoms with E-state index in [9.17, 15) is 0 Å². The fraction of sp³-hybridized carbons (Fsp3) is 0.500. The number of hydrogen-bond acceptors (Lipinski definition) is 2. The number of benzene rings is 1. The fourth-order valence-corrected chi connectivity index (χ4v) is 1.53. The third-order valence-corrected chi connectivity index (χ3v) is 2.57. The number of likely N-dealkylation sites (N-methyl/N-ethyl adjacent to an activating group) is 1. The Balaban J connectivity index is 2.59. The van der Waals surface area contributed by atoms with Crippen LogP contribution < -0.4 is 5.73 Å². The van der Waals surface area contributed by atoms with Gasteiger partial charge in [-0.1, -0.05) is 23.8 Å². The van der Waals surface area contributed by atoms with Crippen LogP contribution in [0.4, 0.5) is 0 Å². The summed E-state index contributed by atoms with van der Waals surface area (Å²) in [5.74, 6) is 0. The predicted molar refractivity (Wildman–Crippen MR) is 61.3 cm³/mol. The lowest BCUT2D eigenvalue weighted by atomic mass is 10.0. The number of hydrogen-bond donors (Lipinski definition) is 1. The van der Waals surface area contributed by atoms with Gasteiger partial charge in [0.2, 0.25) is 0 Å². The predicted octanol–water partition coefficient (Wildman–Crippen LogP) is 1.69. The number of nitrogens with zero attached hydrogens (tertiary/aromatic N) is 1. The molecule has 0 aliphatic rings. The summed E-state index contributed by atoms with van der Waals surface area (Å²) >= 11 is 0. The number of rotatable bonds is 4. The second-order valence-electron chi connectivity index (χ2n) is 3.94. The maximum absolute atomic E-state index is 5.52. The first-order valence-corrected chi connectivity index (χ1v) is 5.08. The Hall–Kier alpha value is -0.860. The van der Waals surface area contributed by atoms with Crippen LogP contribution in [0.2, 0.25) is 0 Å². The molecule has 0 bridgehead atoms. The van der Waals surface area contributed by atoms with Gasteiger partial charge in [0.15, 0.2) is 0 Å². The van der Waals surface area contributed by atoms with Gasteiger partial charge in [-0.3, -0.25) is 4.90 Å². The second-order valence-corrected chi connectivity index (χ2v) is 3.94. The summed E-state index contributed by atoms with van der Waals surface area (Å²) in [5, 5.41) is 0. The van der Waals surface area contributed by atoms with E-state index >= 15 is 0 Å². The monoisotopic (exact) mass is 192 g/mol. The molecule has 1 aromatic carbocycles. The van der Waals surface area contributed by atoms with Crippen molar-refractivity contribution in [1.82, 2.24) is 4.90 Å². The van der Waals surface area contributed by atoms with Crippen LogP contribution in [0.1, 0.15) is 16.7 Å². The SMILES string of the molecule is Cc1ccc(CCN(C)CN)c(C)c1. The van der Waals surface area contributed by atoms with E-state index in [0.29, 0.717) is 6.67 Å². The first kappa shape index (κ1) is 11.2. The summed E-state index contributed by atoms with van der Waals surface area (Å²) in [4.78, 5) is 2.12. The lowest BCUT2D eigenvalue weighted by molar-refractivity contribution is 0.349. The van der Waals surface area contributed by atoms with Crippen LogP contribution in [-0.4, -0.2) is 25.2 Å². The third kappa shape index (κ3) is 3.13. The zero-order valence-electron chi connectivity index (χ0n) is 9.38. The molecule has 0 amide bonds. The van der Waals surface area contributed by atoms with Gasteiger partial charge in [-0.2, -0.15) is 0 Å². The van der Waals surface area contributed by atoms with Crippen molar-refractivity contribution in [3.8, 4) is 0 Å². The minimum Gasteiger partial charge on any atom is -0.318 e. The summed E-state index contributed by atoms with van der Waals surface area (Å²) in [6.45, 7) is 5.96. The van der Waals surface area contributed by atoms with Gasteiger partial charge in [0.05, 0.1) is 0 Å². The van der Waals surface area contributed by atoms with E-state index in [4.69, 9.17) is 5.73 Å². The molecule has 0 saturated heterocycles. The Morgan fingerprint density at radius 3 is 2.57 bits per heavy atom. The highest BCUT2D eigenvalue weighted by atomic mass is 15.1. The smallest absolute Gasteiger partial charge is 0.0452 e. The van der Waals surface area contributed by atoms with Gasteiger partial charge in [-0.05, 0) is 38.4 Å². The molecule has 2 heteroatoms. The van der Waals surface area contributed by atoms with Gasteiger partial charge in [0.25, 0.3) is 0 Å². The molecule has 0 saturated carbocycles. The summed E-state index contributed by atoms with van der Waals surface area (Å²) in [6, 6.07) is 6.62. The maximum atomic E-state index is 5.52. The molecule has 0 aromatic heterocycles. The minimum absolute atomic E-state index is 0.630. The molecule has 0 radical (unpaired) electrons. The lowest BCUT2D eigenvalue weighted by Crippen LogP contribution is -2.27. The van der Waals surface area contributed by atoms with Crippen LogP contribution >= 0.6 is 0 Å². The van der Waals surface area contributed by atoms with Crippen molar-refractivity contribution in [2.45, 2.75) is 20.3 Å². The van der Waals surface area contributed by atoms with Crippen molar-refractivity contribution in [1.29, 1.82) is 0 Å². The van der Waals surface area contributed by atoms with Crippen LogP contribution in [0.5, 0.6) is 0 Å². The van der Waals surface area contributed by atoms with Gasteiger partial charge in [0.1, 0.15) is 0 Å². The van der Waals surface area contributed by atoms with E-state index in [1.807, 2.05) is 7.05 Å². The molecule has 0 aliphatic heterocycles. The van der Waals surface area contributed by atoms with E-state index in [0.717, 1.165) is 13.0 Å². The van der Waals surface area contributed by atoms with Crippen molar-refractivity contribution in [2.24, 2.45) is 5.73 Å². The average molecular weight is 192 g/mol. The minimum atomic E-state index is 0.630. The Bertz CT molecular complexity index is 294. The molecule has 0 aliphatic carbocycles. The van der Waals surface area contributed by atoms with Crippen molar-refractivity contribution in [3.63, 3.8) is 0 Å². The molecule has 1 aromatic rings. The van der Waals surface area contributed by atoms with Crippen molar-refractivity contribution < 1.29 is 0 Å². The molecule has 0 fully saturated rings. The summed E-state index contributed by atoms with van der Waals surface area (Å²) in [6.07, 6.45) is 1.08. The Kier molecular flexibility index (Phi) is 4.11. The van der Waals surface area contributed by atoms with Crippen LogP contribution in [0.3, 0.4) is 0 Å². The van der Waals surface area contributed by atoms with E-state index in [1.54, 1.807) is 0 Å². The van der Waals surface area contributed by atoms with Crippen molar-refractivity contribution in [3.05, 3.63) is 34.9 Å². The summed E-state index contributed by atoms with van der Waals surface area (Å²) in [5.41, 5.74) is 9.67. The lowest BCUT2D eigenvalue weighted by Gasteiger charge is -2.14. The van der Waals surface area contributed by atoms with Gasteiger partial charge in [-0.25, -0.2) is 0 Å². The van der Waals surface area contributed by atoms with E-state index in [-0.39, 0.29) is 0 Å². The largest absolute Gasteiger partial charge is 0.318 e. The molecule has 14 heavy (non-hydrogen) atoms. The molecule has 2 nitrogen and oxygen atoms in total. The third-order valence-electron chi connectivity index (χ3n) is 2.57. The molecule has 0 unspecified atom stereocenters. The van der Waals surface area contributed by atoms with Gasteiger partial charge < -0.3 is 5.73 Å². The first-order chi connectivity index (χ1) is 6.63. The van der Waals surface area contributed by atoms with Crippen LogP contribution in [-0.2, 0) is 6.42 Å². The van der Waals surface area contributed by atoms with E-state index in [2.05, 4.69) is 36.9 Å². The standard InChI is InChI=1S/C12H20N2/c1-10-4-5-12(11(2)8-10)6-7-14(3)9-13/h4-5,8H,6-7,9,13H2,1-3H3. The van der Waals surface area contributed by atoms with Gasteiger partial charge in [-0.15, -0.1) is 0 Å². The fourth-order valence-electron chi connectivity index (χ4n) is 1.53. The topological polar surface area (TPSA) is 29.3 Å². The highest BCUT2D eigenvalue weighted by Gasteiger charge is 2.00. The van der Waals surface area contributed by atoms with Crippen LogP contribution in [0.15, 0.2) is 18.2 Å². The molecule has 0 spiro atoms. The Labute approximate surface area is 86.7 Å².